The largest absolute Gasteiger partial charge is 0.414 e. The summed E-state index contributed by atoms with van der Waals surface area (Å²) < 4.78 is 6.90. The molecule has 33 heavy (non-hydrogen) atoms. The Morgan fingerprint density at radius 2 is 1.82 bits per heavy atom. The average molecular weight is 471 g/mol. The second kappa shape index (κ2) is 8.77. The van der Waals surface area contributed by atoms with Gasteiger partial charge in [0.25, 0.3) is 0 Å². The van der Waals surface area contributed by atoms with Crippen LogP contribution < -0.4 is 0 Å². The van der Waals surface area contributed by atoms with Crippen LogP contribution in [0.2, 0.25) is 18.1 Å². The third-order valence-electron chi connectivity index (χ3n) is 11.5. The van der Waals surface area contributed by atoms with Crippen LogP contribution in [0.15, 0.2) is 23.8 Å². The molecule has 4 rings (SSSR count). The molecule has 3 heteroatoms. The fraction of sp³-hybridized carbons (Fsp3) is 0.833. The van der Waals surface area contributed by atoms with E-state index in [4.69, 9.17) is 4.43 Å². The minimum absolute atomic E-state index is 0.282. The molecule has 0 aromatic heterocycles. The van der Waals surface area contributed by atoms with Gasteiger partial charge in [0, 0.05) is 6.10 Å². The van der Waals surface area contributed by atoms with Crippen LogP contribution in [0.25, 0.3) is 0 Å². The van der Waals surface area contributed by atoms with Gasteiger partial charge in [0.15, 0.2) is 8.32 Å². The quantitative estimate of drug-likeness (QED) is 0.175. The summed E-state index contributed by atoms with van der Waals surface area (Å²) in [4.78, 5) is 10.9. The molecule has 4 aliphatic carbocycles. The minimum atomic E-state index is -1.72. The Balaban J connectivity index is 1.51. The molecule has 2 nitrogen and oxygen atoms in total. The van der Waals surface area contributed by atoms with Crippen LogP contribution in [0, 0.1) is 40.4 Å². The summed E-state index contributed by atoms with van der Waals surface area (Å²) in [6.45, 7) is 19.5. The molecule has 0 spiro atoms. The molecule has 0 aromatic rings. The van der Waals surface area contributed by atoms with Gasteiger partial charge in [0.1, 0.15) is 6.29 Å². The zero-order valence-corrected chi connectivity index (χ0v) is 23.7. The van der Waals surface area contributed by atoms with Crippen molar-refractivity contribution in [1.82, 2.24) is 0 Å². The van der Waals surface area contributed by atoms with Crippen molar-refractivity contribution in [2.75, 3.05) is 0 Å². The van der Waals surface area contributed by atoms with Crippen molar-refractivity contribution in [3.8, 4) is 0 Å². The SMILES string of the molecule is C[C@H](C=CC=O)[C@H]1CC[C@H]2[C@@H]3CC=C4C[C@@H](O[Si](C)(C)C(C)(C)C)CC[C@]4(C)[C@H]3CC[C@]12C. The third-order valence-corrected chi connectivity index (χ3v) is 16.1. The maximum absolute atomic E-state index is 10.9. The summed E-state index contributed by atoms with van der Waals surface area (Å²) in [5, 5.41) is 0.282. The van der Waals surface area contributed by atoms with Crippen LogP contribution in [0.1, 0.15) is 92.9 Å². The van der Waals surface area contributed by atoms with Crippen LogP contribution in [0.5, 0.6) is 0 Å². The van der Waals surface area contributed by atoms with Gasteiger partial charge >= 0.3 is 0 Å². The molecule has 0 radical (unpaired) electrons. The Morgan fingerprint density at radius 1 is 1.09 bits per heavy atom. The maximum Gasteiger partial charge on any atom is 0.192 e. The molecule has 0 heterocycles. The molecule has 4 aliphatic rings. The second-order valence-electron chi connectivity index (χ2n) is 14.1. The summed E-state index contributed by atoms with van der Waals surface area (Å²) in [7, 11) is -1.72. The molecule has 8 atom stereocenters. The van der Waals surface area contributed by atoms with Gasteiger partial charge in [-0.2, -0.15) is 0 Å². The van der Waals surface area contributed by atoms with E-state index in [0.29, 0.717) is 22.9 Å². The lowest BCUT2D eigenvalue weighted by molar-refractivity contribution is -0.104. The number of allylic oxidation sites excluding steroid dienone is 3. The van der Waals surface area contributed by atoms with Gasteiger partial charge in [0.05, 0.1) is 0 Å². The van der Waals surface area contributed by atoms with E-state index < -0.39 is 8.32 Å². The highest BCUT2D eigenvalue weighted by Crippen LogP contribution is 2.67. The smallest absolute Gasteiger partial charge is 0.192 e. The Bertz CT molecular complexity index is 805. The number of carbonyl (C=O) groups is 1. The molecule has 0 aliphatic heterocycles. The monoisotopic (exact) mass is 470 g/mol. The Kier molecular flexibility index (Phi) is 6.75. The topological polar surface area (TPSA) is 26.3 Å². The molecule has 0 saturated heterocycles. The predicted molar refractivity (Wildman–Crippen MR) is 142 cm³/mol. The van der Waals surface area contributed by atoms with E-state index in [0.717, 1.165) is 30.0 Å². The van der Waals surface area contributed by atoms with Crippen molar-refractivity contribution in [2.45, 2.75) is 117 Å². The first-order valence-corrected chi connectivity index (χ1v) is 16.7. The van der Waals surface area contributed by atoms with Crippen LogP contribution in [-0.2, 0) is 9.22 Å². The lowest BCUT2D eigenvalue weighted by Crippen LogP contribution is -2.52. The first kappa shape index (κ1) is 25.4. The fourth-order valence-corrected chi connectivity index (χ4v) is 9.97. The van der Waals surface area contributed by atoms with Crippen molar-refractivity contribution in [1.29, 1.82) is 0 Å². The lowest BCUT2D eigenvalue weighted by Gasteiger charge is -2.59. The standard InChI is InChI=1S/C30H50O2Si/c1-21(10-9-19-31)25-13-14-26-24-12-11-22-20-23(32-33(7,8)28(2,3)4)15-17-29(22,5)27(24)16-18-30(25,26)6/h9-11,19,21,23-27H,12-18,20H2,1-8H3/t21-,23+,24+,25-,26+,27+,29+,30-/m1/s1. The third kappa shape index (κ3) is 4.28. The Morgan fingerprint density at radius 3 is 2.48 bits per heavy atom. The van der Waals surface area contributed by atoms with Crippen LogP contribution in [0.3, 0.4) is 0 Å². The van der Waals surface area contributed by atoms with Gasteiger partial charge in [-0.15, -0.1) is 0 Å². The minimum Gasteiger partial charge on any atom is -0.414 e. The Labute approximate surface area is 205 Å². The summed E-state index contributed by atoms with van der Waals surface area (Å²) in [6.07, 6.45) is 18.4. The van der Waals surface area contributed by atoms with Gasteiger partial charge in [-0.25, -0.2) is 0 Å². The first-order valence-electron chi connectivity index (χ1n) is 13.8. The van der Waals surface area contributed by atoms with Crippen LogP contribution >= 0.6 is 0 Å². The molecule has 186 valence electrons. The number of rotatable bonds is 5. The van der Waals surface area contributed by atoms with Gasteiger partial charge in [-0.1, -0.05) is 59.3 Å². The average Bonchev–Trinajstić information content (AvgIpc) is 3.08. The fourth-order valence-electron chi connectivity index (χ4n) is 8.58. The lowest BCUT2D eigenvalue weighted by atomic mass is 9.47. The molecular formula is C30H50O2Si. The molecule has 0 N–H and O–H groups in total. The van der Waals surface area contributed by atoms with E-state index >= 15 is 0 Å². The summed E-state index contributed by atoms with van der Waals surface area (Å²) in [6, 6.07) is 0. The van der Waals surface area contributed by atoms with E-state index in [1.807, 2.05) is 0 Å². The second-order valence-corrected chi connectivity index (χ2v) is 18.9. The van der Waals surface area contributed by atoms with Crippen molar-refractivity contribution >= 4 is 14.6 Å². The molecule has 0 amide bonds. The molecule has 0 unspecified atom stereocenters. The first-order chi connectivity index (χ1) is 15.3. The molecule has 3 saturated carbocycles. The number of fused-ring (bicyclic) bond motifs is 5. The highest BCUT2D eigenvalue weighted by atomic mass is 28.4. The van der Waals surface area contributed by atoms with Crippen molar-refractivity contribution in [2.24, 2.45) is 40.4 Å². The Hall–Kier alpha value is -0.673. The highest BCUT2D eigenvalue weighted by Gasteiger charge is 2.59. The van der Waals surface area contributed by atoms with Gasteiger partial charge in [0.2, 0.25) is 0 Å². The van der Waals surface area contributed by atoms with Gasteiger partial charge < -0.3 is 4.43 Å². The normalized spacial score (nSPS) is 42.3. The van der Waals surface area contributed by atoms with E-state index in [1.165, 1.54) is 51.4 Å². The molecule has 0 bridgehead atoms. The molecular weight excluding hydrogens is 420 g/mol. The summed E-state index contributed by atoms with van der Waals surface area (Å²) in [5.74, 6) is 3.79. The van der Waals surface area contributed by atoms with Gasteiger partial charge in [-0.3, -0.25) is 4.79 Å². The van der Waals surface area contributed by atoms with Gasteiger partial charge in [-0.05, 0) is 116 Å². The zero-order chi connectivity index (χ0) is 24.2. The number of hydrogen-bond donors (Lipinski definition) is 0. The number of hydrogen-bond acceptors (Lipinski definition) is 2. The molecule has 3 fully saturated rings. The van der Waals surface area contributed by atoms with Crippen molar-refractivity contribution < 1.29 is 9.22 Å². The van der Waals surface area contributed by atoms with Crippen molar-refractivity contribution in [3.63, 3.8) is 0 Å². The van der Waals surface area contributed by atoms with Crippen LogP contribution in [-0.4, -0.2) is 20.7 Å². The maximum atomic E-state index is 10.9. The zero-order valence-electron chi connectivity index (χ0n) is 22.7. The van der Waals surface area contributed by atoms with Crippen LogP contribution in [0.4, 0.5) is 0 Å². The van der Waals surface area contributed by atoms with E-state index in [-0.39, 0.29) is 5.04 Å². The highest BCUT2D eigenvalue weighted by molar-refractivity contribution is 6.74. The van der Waals surface area contributed by atoms with Crippen molar-refractivity contribution in [3.05, 3.63) is 23.8 Å². The summed E-state index contributed by atoms with van der Waals surface area (Å²) in [5.41, 5.74) is 2.57. The predicted octanol–water partition coefficient (Wildman–Crippen LogP) is 8.35. The number of carbonyl (C=O) groups excluding carboxylic acids is 1. The summed E-state index contributed by atoms with van der Waals surface area (Å²) >= 11 is 0. The number of aldehydes is 1. The molecule has 0 aromatic carbocycles. The van der Waals surface area contributed by atoms with E-state index in [2.05, 4.69) is 66.8 Å². The van der Waals surface area contributed by atoms with E-state index in [9.17, 15) is 4.79 Å². The van der Waals surface area contributed by atoms with E-state index in [1.54, 1.807) is 11.6 Å².